The van der Waals surface area contributed by atoms with Crippen LogP contribution in [0.2, 0.25) is 0 Å². The first-order valence-electron chi connectivity index (χ1n) is 15.0. The van der Waals surface area contributed by atoms with Crippen LogP contribution in [0, 0.1) is 11.7 Å². The highest BCUT2D eigenvalue weighted by Crippen LogP contribution is 2.35. The van der Waals surface area contributed by atoms with Crippen molar-refractivity contribution in [1.29, 1.82) is 0 Å². The van der Waals surface area contributed by atoms with Crippen molar-refractivity contribution in [2.24, 2.45) is 5.92 Å². The van der Waals surface area contributed by atoms with Crippen molar-refractivity contribution in [3.05, 3.63) is 141 Å². The highest BCUT2D eigenvalue weighted by atomic mass is 19.1. The van der Waals surface area contributed by atoms with Crippen molar-refractivity contribution in [3.63, 3.8) is 0 Å². The molecule has 48 heavy (non-hydrogen) atoms. The molecule has 1 aliphatic rings. The lowest BCUT2D eigenvalue weighted by atomic mass is 10.1. The molecule has 4 atom stereocenters. The highest BCUT2D eigenvalue weighted by Gasteiger charge is 2.52. The summed E-state index contributed by atoms with van der Waals surface area (Å²) in [5.41, 5.74) is -2.08. The number of hydrogen-bond acceptors (Lipinski definition) is 10. The second-order valence-electron chi connectivity index (χ2n) is 11.2. The summed E-state index contributed by atoms with van der Waals surface area (Å²) in [6.07, 6.45) is -5.68. The van der Waals surface area contributed by atoms with E-state index in [1.54, 1.807) is 68.4 Å². The van der Waals surface area contributed by atoms with Gasteiger partial charge in [0.15, 0.2) is 24.2 Å². The maximum Gasteiger partial charge on any atom is 0.338 e. The maximum atomic E-state index is 15.1. The van der Waals surface area contributed by atoms with Crippen molar-refractivity contribution >= 4 is 23.7 Å². The zero-order chi connectivity index (χ0) is 34.4. The first kappa shape index (κ1) is 33.7. The van der Waals surface area contributed by atoms with Crippen molar-refractivity contribution in [2.75, 3.05) is 6.61 Å². The summed E-state index contributed by atoms with van der Waals surface area (Å²) in [7, 11) is 0. The topological polar surface area (TPSA) is 149 Å². The van der Waals surface area contributed by atoms with Crippen LogP contribution in [0.3, 0.4) is 0 Å². The number of ketones is 1. The van der Waals surface area contributed by atoms with Gasteiger partial charge in [-0.1, -0.05) is 68.4 Å². The molecule has 0 N–H and O–H groups in total. The number of ether oxygens (including phenoxy) is 4. The molecule has 0 saturated carbocycles. The zero-order valence-electron chi connectivity index (χ0n) is 25.9. The van der Waals surface area contributed by atoms with E-state index in [4.69, 9.17) is 18.9 Å². The third-order valence-corrected chi connectivity index (χ3v) is 7.56. The summed E-state index contributed by atoms with van der Waals surface area (Å²) in [6, 6.07) is 23.6. The molecule has 0 radical (unpaired) electrons. The van der Waals surface area contributed by atoms with Crippen molar-refractivity contribution < 1.29 is 42.5 Å². The molecule has 1 fully saturated rings. The molecule has 1 aliphatic heterocycles. The Bertz CT molecular complexity index is 1910. The number of carbonyl (C=O) groups is 4. The van der Waals surface area contributed by atoms with Crippen LogP contribution < -0.4 is 11.2 Å². The van der Waals surface area contributed by atoms with Gasteiger partial charge >= 0.3 is 23.6 Å². The number of benzene rings is 3. The van der Waals surface area contributed by atoms with Crippen LogP contribution in [0.4, 0.5) is 4.39 Å². The lowest BCUT2D eigenvalue weighted by Crippen LogP contribution is -2.47. The molecule has 5 rings (SSSR count). The SMILES string of the molecule is CC(C)C(=O)Cn1c(=O)c(F)cn([C@@H]2O[C@H](COC(=O)c3ccccc3)[C@@H](OC(=O)c3ccccc3)[C@H]2OC(=O)c2ccccc2)c1=O. The molecule has 1 aromatic heterocycles. The molecule has 1 saturated heterocycles. The predicted molar refractivity (Wildman–Crippen MR) is 167 cm³/mol. The van der Waals surface area contributed by atoms with E-state index >= 15 is 4.39 Å². The van der Waals surface area contributed by atoms with Crippen LogP contribution in [0.5, 0.6) is 0 Å². The van der Waals surface area contributed by atoms with Crippen LogP contribution in [-0.4, -0.2) is 57.7 Å². The summed E-state index contributed by atoms with van der Waals surface area (Å²) in [6.45, 7) is 1.81. The lowest BCUT2D eigenvalue weighted by Gasteiger charge is -2.25. The molecule has 0 amide bonds. The normalized spacial score (nSPS) is 18.7. The Hall–Kier alpha value is -5.69. The molecule has 0 aliphatic carbocycles. The van der Waals surface area contributed by atoms with Gasteiger partial charge in [0, 0.05) is 5.92 Å². The number of Topliss-reactive ketones (excluding diaryl/α,β-unsaturated/α-hetero) is 1. The van der Waals surface area contributed by atoms with Gasteiger partial charge in [0.1, 0.15) is 12.7 Å². The van der Waals surface area contributed by atoms with Gasteiger partial charge in [0.25, 0.3) is 5.56 Å². The molecule has 2 heterocycles. The number of halogens is 1. The Morgan fingerprint density at radius 1 is 0.750 bits per heavy atom. The fourth-order valence-electron chi connectivity index (χ4n) is 4.93. The quantitative estimate of drug-likeness (QED) is 0.173. The molecule has 0 spiro atoms. The molecule has 0 unspecified atom stereocenters. The first-order valence-corrected chi connectivity index (χ1v) is 15.0. The van der Waals surface area contributed by atoms with Crippen molar-refractivity contribution in [1.82, 2.24) is 9.13 Å². The Morgan fingerprint density at radius 2 is 1.23 bits per heavy atom. The average Bonchev–Trinajstić information content (AvgIpc) is 3.43. The third kappa shape index (κ3) is 7.47. The van der Waals surface area contributed by atoms with Crippen LogP contribution in [0.15, 0.2) is 107 Å². The van der Waals surface area contributed by atoms with Gasteiger partial charge in [-0.3, -0.25) is 18.7 Å². The molecule has 4 aromatic rings. The summed E-state index contributed by atoms with van der Waals surface area (Å²) in [4.78, 5) is 78.4. The second kappa shape index (κ2) is 14.8. The summed E-state index contributed by atoms with van der Waals surface area (Å²) in [5, 5.41) is 0. The van der Waals surface area contributed by atoms with Crippen LogP contribution in [0.1, 0.15) is 51.1 Å². The number of aromatic nitrogens is 2. The Kier molecular flexibility index (Phi) is 10.4. The van der Waals surface area contributed by atoms with Crippen LogP contribution >= 0.6 is 0 Å². The number of rotatable bonds is 11. The summed E-state index contributed by atoms with van der Waals surface area (Å²) in [5.74, 6) is -5.03. The highest BCUT2D eigenvalue weighted by molar-refractivity contribution is 5.91. The van der Waals surface area contributed by atoms with Crippen molar-refractivity contribution in [3.8, 4) is 0 Å². The Labute approximate surface area is 273 Å². The van der Waals surface area contributed by atoms with Gasteiger partial charge in [-0.05, 0) is 36.4 Å². The Balaban J connectivity index is 1.58. The number of nitrogens with zero attached hydrogens (tertiary/aromatic N) is 2. The number of esters is 3. The molecule has 3 aromatic carbocycles. The monoisotopic (exact) mass is 658 g/mol. The van der Waals surface area contributed by atoms with E-state index in [1.807, 2.05) is 0 Å². The van der Waals surface area contributed by atoms with Gasteiger partial charge in [0.2, 0.25) is 5.82 Å². The zero-order valence-corrected chi connectivity index (χ0v) is 25.9. The molecule has 0 bridgehead atoms. The van der Waals surface area contributed by atoms with E-state index in [9.17, 15) is 28.8 Å². The smallest absolute Gasteiger partial charge is 0.338 e. The van der Waals surface area contributed by atoms with Crippen LogP contribution in [-0.2, 0) is 30.3 Å². The number of hydrogen-bond donors (Lipinski definition) is 0. The predicted octanol–water partition coefficient (Wildman–Crippen LogP) is 3.58. The van der Waals surface area contributed by atoms with Gasteiger partial charge in [-0.15, -0.1) is 0 Å². The third-order valence-electron chi connectivity index (χ3n) is 7.56. The minimum atomic E-state index is -1.71. The fourth-order valence-corrected chi connectivity index (χ4v) is 4.93. The largest absolute Gasteiger partial charge is 0.459 e. The Morgan fingerprint density at radius 3 is 1.73 bits per heavy atom. The summed E-state index contributed by atoms with van der Waals surface area (Å²) >= 11 is 0. The molecule has 248 valence electrons. The molecule has 13 heteroatoms. The fraction of sp³-hybridized carbons (Fsp3) is 0.257. The summed E-state index contributed by atoms with van der Waals surface area (Å²) < 4.78 is 39.3. The van der Waals surface area contributed by atoms with Crippen LogP contribution in [0.25, 0.3) is 0 Å². The average molecular weight is 659 g/mol. The molecular weight excluding hydrogens is 627 g/mol. The minimum absolute atomic E-state index is 0.0920. The standard InChI is InChI=1S/C35H31FN2O10/c1-21(2)26(39)19-37-30(40)25(36)18-38(35(37)44)31-29(48-34(43)24-16-10-5-11-17-24)28(47-33(42)23-14-8-4-9-15-23)27(46-31)20-45-32(41)22-12-6-3-7-13-22/h3-18,21,27-29,31H,19-20H2,1-2H3/t27-,28-,29-,31-/m1/s1. The van der Waals surface area contributed by atoms with Gasteiger partial charge in [0.05, 0.1) is 29.4 Å². The minimum Gasteiger partial charge on any atom is -0.459 e. The van der Waals surface area contributed by atoms with Gasteiger partial charge < -0.3 is 18.9 Å². The van der Waals surface area contributed by atoms with E-state index in [2.05, 4.69) is 0 Å². The van der Waals surface area contributed by atoms with E-state index < -0.39 is 84.4 Å². The molecular formula is C35H31FN2O10. The van der Waals surface area contributed by atoms with Gasteiger partial charge in [-0.25, -0.2) is 19.2 Å². The first-order chi connectivity index (χ1) is 23.0. The second-order valence-corrected chi connectivity index (χ2v) is 11.2. The van der Waals surface area contributed by atoms with E-state index in [0.29, 0.717) is 15.3 Å². The molecule has 12 nitrogen and oxygen atoms in total. The maximum absolute atomic E-state index is 15.1. The van der Waals surface area contributed by atoms with Crippen molar-refractivity contribution in [2.45, 2.75) is 44.9 Å². The van der Waals surface area contributed by atoms with E-state index in [0.717, 1.165) is 0 Å². The van der Waals surface area contributed by atoms with E-state index in [1.165, 1.54) is 36.4 Å². The number of carbonyl (C=O) groups excluding carboxylic acids is 4. The van der Waals surface area contributed by atoms with Gasteiger partial charge in [-0.2, -0.15) is 4.39 Å². The van der Waals surface area contributed by atoms with E-state index in [-0.39, 0.29) is 16.7 Å². The lowest BCUT2D eigenvalue weighted by molar-refractivity contribution is -0.122.